The van der Waals surface area contributed by atoms with E-state index < -0.39 is 0 Å². The first-order valence-corrected chi connectivity index (χ1v) is 8.02. The molecule has 0 aliphatic carbocycles. The minimum atomic E-state index is 0.644. The van der Waals surface area contributed by atoms with Gasteiger partial charge in [-0.15, -0.1) is 11.3 Å². The molecule has 0 bridgehead atoms. The van der Waals surface area contributed by atoms with Gasteiger partial charge in [0, 0.05) is 22.8 Å². The van der Waals surface area contributed by atoms with Gasteiger partial charge < -0.3 is 14.8 Å². The van der Waals surface area contributed by atoms with Crippen molar-refractivity contribution < 1.29 is 9.47 Å². The Bertz CT molecular complexity index is 573. The molecule has 21 heavy (non-hydrogen) atoms. The lowest BCUT2D eigenvalue weighted by Crippen LogP contribution is -2.11. The van der Waals surface area contributed by atoms with Crippen LogP contribution < -0.4 is 14.8 Å². The number of ether oxygens (including phenoxy) is 2. The SMILES string of the molecule is CCOc1ccc(CNCc2cc(C)c(C)s2)cc1OC. The molecule has 0 atom stereocenters. The van der Waals surface area contributed by atoms with E-state index in [4.69, 9.17) is 9.47 Å². The summed E-state index contributed by atoms with van der Waals surface area (Å²) in [6.45, 7) is 8.66. The molecule has 2 rings (SSSR count). The van der Waals surface area contributed by atoms with Crippen molar-refractivity contribution >= 4 is 11.3 Å². The second-order valence-corrected chi connectivity index (χ2v) is 6.31. The van der Waals surface area contributed by atoms with Crippen LogP contribution in [0.2, 0.25) is 0 Å². The summed E-state index contributed by atoms with van der Waals surface area (Å²) in [4.78, 5) is 2.78. The van der Waals surface area contributed by atoms with Crippen molar-refractivity contribution in [3.63, 3.8) is 0 Å². The zero-order valence-corrected chi connectivity index (χ0v) is 14.0. The lowest BCUT2D eigenvalue weighted by atomic mass is 10.2. The highest BCUT2D eigenvalue weighted by Gasteiger charge is 2.06. The van der Waals surface area contributed by atoms with E-state index in [2.05, 4.69) is 31.3 Å². The summed E-state index contributed by atoms with van der Waals surface area (Å²) < 4.78 is 10.9. The average molecular weight is 305 g/mol. The van der Waals surface area contributed by atoms with Crippen molar-refractivity contribution in [1.82, 2.24) is 5.32 Å². The monoisotopic (exact) mass is 305 g/mol. The van der Waals surface area contributed by atoms with Gasteiger partial charge >= 0.3 is 0 Å². The first-order chi connectivity index (χ1) is 10.1. The van der Waals surface area contributed by atoms with E-state index in [1.165, 1.54) is 20.9 Å². The highest BCUT2D eigenvalue weighted by molar-refractivity contribution is 7.12. The molecule has 1 aromatic carbocycles. The molecule has 1 heterocycles. The Morgan fingerprint density at radius 3 is 2.52 bits per heavy atom. The topological polar surface area (TPSA) is 30.5 Å². The van der Waals surface area contributed by atoms with Crippen molar-refractivity contribution in [1.29, 1.82) is 0 Å². The van der Waals surface area contributed by atoms with Gasteiger partial charge in [-0.3, -0.25) is 0 Å². The first-order valence-electron chi connectivity index (χ1n) is 7.20. The summed E-state index contributed by atoms with van der Waals surface area (Å²) in [5, 5.41) is 3.48. The van der Waals surface area contributed by atoms with Gasteiger partial charge in [0.05, 0.1) is 13.7 Å². The van der Waals surface area contributed by atoms with Gasteiger partial charge in [0.15, 0.2) is 11.5 Å². The summed E-state index contributed by atoms with van der Waals surface area (Å²) >= 11 is 1.86. The molecule has 1 N–H and O–H groups in total. The number of methoxy groups -OCH3 is 1. The maximum atomic E-state index is 5.53. The van der Waals surface area contributed by atoms with E-state index >= 15 is 0 Å². The fourth-order valence-electron chi connectivity index (χ4n) is 2.16. The van der Waals surface area contributed by atoms with Crippen LogP contribution in [0.3, 0.4) is 0 Å². The van der Waals surface area contributed by atoms with Crippen molar-refractivity contribution in [3.05, 3.63) is 45.1 Å². The maximum absolute atomic E-state index is 5.53. The van der Waals surface area contributed by atoms with Crippen molar-refractivity contribution in [2.75, 3.05) is 13.7 Å². The Hall–Kier alpha value is -1.52. The Kier molecular flexibility index (Phi) is 5.65. The fraction of sp³-hybridized carbons (Fsp3) is 0.412. The van der Waals surface area contributed by atoms with E-state index in [9.17, 15) is 0 Å². The third-order valence-electron chi connectivity index (χ3n) is 3.37. The average Bonchev–Trinajstić information content (AvgIpc) is 2.79. The molecule has 0 amide bonds. The lowest BCUT2D eigenvalue weighted by Gasteiger charge is -2.11. The predicted molar refractivity (Wildman–Crippen MR) is 88.5 cm³/mol. The molecular weight excluding hydrogens is 282 g/mol. The Morgan fingerprint density at radius 2 is 1.90 bits per heavy atom. The highest BCUT2D eigenvalue weighted by Crippen LogP contribution is 2.28. The molecule has 2 aromatic rings. The standard InChI is InChI=1S/C17H23NO2S/c1-5-20-16-7-6-14(9-17(16)19-4)10-18-11-15-8-12(2)13(3)21-15/h6-9,18H,5,10-11H2,1-4H3. The van der Waals surface area contributed by atoms with Gasteiger partial charge in [-0.05, 0) is 50.1 Å². The largest absolute Gasteiger partial charge is 0.493 e. The van der Waals surface area contributed by atoms with Crippen LogP contribution in [-0.2, 0) is 13.1 Å². The van der Waals surface area contributed by atoms with Gasteiger partial charge in [-0.1, -0.05) is 6.07 Å². The van der Waals surface area contributed by atoms with Crippen LogP contribution >= 0.6 is 11.3 Å². The molecule has 0 saturated carbocycles. The van der Waals surface area contributed by atoms with E-state index in [0.717, 1.165) is 24.6 Å². The number of hydrogen-bond acceptors (Lipinski definition) is 4. The summed E-state index contributed by atoms with van der Waals surface area (Å²) in [6.07, 6.45) is 0. The Morgan fingerprint density at radius 1 is 1.10 bits per heavy atom. The minimum absolute atomic E-state index is 0.644. The third kappa shape index (κ3) is 4.22. The highest BCUT2D eigenvalue weighted by atomic mass is 32.1. The molecule has 0 radical (unpaired) electrons. The molecular formula is C17H23NO2S. The van der Waals surface area contributed by atoms with Crippen LogP contribution in [0.25, 0.3) is 0 Å². The van der Waals surface area contributed by atoms with Gasteiger partial charge in [0.25, 0.3) is 0 Å². The molecule has 0 unspecified atom stereocenters. The zero-order chi connectivity index (χ0) is 15.2. The first kappa shape index (κ1) is 15.9. The van der Waals surface area contributed by atoms with E-state index in [-0.39, 0.29) is 0 Å². The van der Waals surface area contributed by atoms with Gasteiger partial charge in [0.1, 0.15) is 0 Å². The molecule has 3 nitrogen and oxygen atoms in total. The second-order valence-electron chi connectivity index (χ2n) is 4.97. The molecule has 0 aliphatic heterocycles. The summed E-state index contributed by atoms with van der Waals surface area (Å²) in [5.74, 6) is 1.59. The molecule has 0 saturated heterocycles. The molecule has 0 aliphatic rings. The molecule has 0 fully saturated rings. The molecule has 0 spiro atoms. The summed E-state index contributed by atoms with van der Waals surface area (Å²) in [6, 6.07) is 8.33. The molecule has 4 heteroatoms. The van der Waals surface area contributed by atoms with Crippen LogP contribution in [0.1, 0.15) is 27.8 Å². The summed E-state index contributed by atoms with van der Waals surface area (Å²) in [7, 11) is 1.67. The Labute approximate surface area is 130 Å². The van der Waals surface area contributed by atoms with Crippen LogP contribution in [0, 0.1) is 13.8 Å². The van der Waals surface area contributed by atoms with Gasteiger partial charge in [-0.2, -0.15) is 0 Å². The number of nitrogens with one attached hydrogen (secondary N) is 1. The predicted octanol–water partition coefficient (Wildman–Crippen LogP) is 4.06. The summed E-state index contributed by atoms with van der Waals surface area (Å²) in [5.41, 5.74) is 2.57. The van der Waals surface area contributed by atoms with Crippen molar-refractivity contribution in [3.8, 4) is 11.5 Å². The van der Waals surface area contributed by atoms with E-state index in [0.29, 0.717) is 6.61 Å². The van der Waals surface area contributed by atoms with Crippen LogP contribution in [0.5, 0.6) is 11.5 Å². The van der Waals surface area contributed by atoms with Crippen LogP contribution in [0.15, 0.2) is 24.3 Å². The zero-order valence-electron chi connectivity index (χ0n) is 13.2. The number of benzene rings is 1. The van der Waals surface area contributed by atoms with Crippen LogP contribution in [-0.4, -0.2) is 13.7 Å². The molecule has 1 aromatic heterocycles. The van der Waals surface area contributed by atoms with E-state index in [1.807, 2.05) is 30.4 Å². The number of hydrogen-bond donors (Lipinski definition) is 1. The van der Waals surface area contributed by atoms with E-state index in [1.54, 1.807) is 7.11 Å². The number of aryl methyl sites for hydroxylation is 2. The number of rotatable bonds is 7. The van der Waals surface area contributed by atoms with Crippen molar-refractivity contribution in [2.24, 2.45) is 0 Å². The lowest BCUT2D eigenvalue weighted by molar-refractivity contribution is 0.310. The van der Waals surface area contributed by atoms with Crippen LogP contribution in [0.4, 0.5) is 0 Å². The van der Waals surface area contributed by atoms with Crippen molar-refractivity contribution in [2.45, 2.75) is 33.9 Å². The number of thiophene rings is 1. The van der Waals surface area contributed by atoms with Gasteiger partial charge in [0.2, 0.25) is 0 Å². The minimum Gasteiger partial charge on any atom is -0.493 e. The van der Waals surface area contributed by atoms with Gasteiger partial charge in [-0.25, -0.2) is 0 Å². The smallest absolute Gasteiger partial charge is 0.161 e. The maximum Gasteiger partial charge on any atom is 0.161 e. The second kappa shape index (κ2) is 7.48. The molecule has 114 valence electrons. The Balaban J connectivity index is 1.93. The normalized spacial score (nSPS) is 10.7. The third-order valence-corrected chi connectivity index (χ3v) is 4.53. The quantitative estimate of drug-likeness (QED) is 0.836. The fourth-order valence-corrected chi connectivity index (χ4v) is 3.19.